The van der Waals surface area contributed by atoms with Crippen LogP contribution in [0.25, 0.3) is 43.6 Å². The fraction of sp³-hybridized carbons (Fsp3) is 0.231. The van der Waals surface area contributed by atoms with E-state index in [2.05, 4.69) is 15.3 Å². The second-order valence-electron chi connectivity index (χ2n) is 8.58. The third-order valence-electron chi connectivity index (χ3n) is 6.59. The molecule has 180 valence electrons. The van der Waals surface area contributed by atoms with Crippen molar-refractivity contribution < 1.29 is 24.9 Å². The number of aromatic amines is 2. The highest BCUT2D eigenvalue weighted by Crippen LogP contribution is 2.42. The van der Waals surface area contributed by atoms with Crippen molar-refractivity contribution in [1.29, 1.82) is 0 Å². The second-order valence-corrected chi connectivity index (χ2v) is 9.02. The number of carbonyl (C=O) groups is 2. The molecule has 3 aromatic carbocycles. The van der Waals surface area contributed by atoms with Crippen molar-refractivity contribution in [2.45, 2.75) is 31.5 Å². The lowest BCUT2D eigenvalue weighted by molar-refractivity contribution is 0.0438. The lowest BCUT2D eigenvalue weighted by Gasteiger charge is -2.03. The summed E-state index contributed by atoms with van der Waals surface area (Å²) in [7, 11) is 1.00. The zero-order valence-electron chi connectivity index (χ0n) is 18.9. The molecule has 8 nitrogen and oxygen atoms in total. The van der Waals surface area contributed by atoms with Gasteiger partial charge in [0, 0.05) is 44.7 Å². The average molecular weight is 494 g/mol. The molecule has 6 N–H and O–H groups in total. The molecule has 2 amide bonds. The summed E-state index contributed by atoms with van der Waals surface area (Å²) >= 11 is 6.14. The molecule has 2 atom stereocenters. The van der Waals surface area contributed by atoms with E-state index in [1.807, 2.05) is 36.4 Å². The predicted molar refractivity (Wildman–Crippen MR) is 136 cm³/mol. The maximum absolute atomic E-state index is 12.6. The first-order chi connectivity index (χ1) is 16.9. The van der Waals surface area contributed by atoms with Crippen molar-refractivity contribution >= 4 is 67.0 Å². The van der Waals surface area contributed by atoms with Gasteiger partial charge in [0.25, 0.3) is 11.8 Å². The molecule has 0 radical (unpaired) electrons. The number of aromatic nitrogens is 2. The summed E-state index contributed by atoms with van der Waals surface area (Å²) in [6.07, 6.45) is 1.67. The number of H-pyrrole nitrogens is 2. The van der Waals surface area contributed by atoms with Crippen LogP contribution in [-0.2, 0) is 0 Å². The largest absolute Gasteiger partial charge is 0.400 e. The van der Waals surface area contributed by atoms with Gasteiger partial charge in [0.05, 0.1) is 34.4 Å². The number of hydrogen-bond acceptors (Lipinski definition) is 5. The number of rotatable bonds is 0. The molecule has 1 aliphatic carbocycles. The number of aliphatic hydroxyl groups is 3. The normalized spacial score (nSPS) is 19.0. The number of para-hydroxylation sites is 1. The Hall–Kier alpha value is -3.43. The van der Waals surface area contributed by atoms with Crippen LogP contribution in [0.5, 0.6) is 0 Å². The minimum Gasteiger partial charge on any atom is -0.400 e. The smallest absolute Gasteiger partial charge is 0.259 e. The standard InChI is InChI=1S/C20H10ClN3O2.C5H10O2.CH4O/c21-8-5-6-10-12(7-8)23-18-14(10)16-15(19(25)24-20(16)26)13-9-3-1-2-4-11(9)22-17(13)18;6-4-2-1-3-5(4)7;1-2/h1-7,22-23H,(H,24,25,26);4-7H,1-3H2;2H,1H3. The molecule has 9 heteroatoms. The van der Waals surface area contributed by atoms with Gasteiger partial charge in [-0.3, -0.25) is 14.9 Å². The highest BCUT2D eigenvalue weighted by atomic mass is 35.5. The number of carbonyl (C=O) groups excluding carboxylic acids is 2. The molecule has 1 aliphatic heterocycles. The van der Waals surface area contributed by atoms with Gasteiger partial charge in [-0.1, -0.05) is 35.9 Å². The zero-order valence-corrected chi connectivity index (χ0v) is 19.6. The molecule has 0 bridgehead atoms. The Labute approximate surface area is 204 Å². The number of halogens is 1. The minimum absolute atomic E-state index is 0.357. The van der Waals surface area contributed by atoms with E-state index in [1.54, 1.807) is 6.07 Å². The van der Waals surface area contributed by atoms with E-state index >= 15 is 0 Å². The van der Waals surface area contributed by atoms with Crippen molar-refractivity contribution in [2.75, 3.05) is 7.11 Å². The first kappa shape index (κ1) is 23.3. The Morgan fingerprint density at radius 2 is 1.34 bits per heavy atom. The van der Waals surface area contributed by atoms with Gasteiger partial charge in [-0.2, -0.15) is 0 Å². The van der Waals surface area contributed by atoms with Crippen molar-refractivity contribution in [2.24, 2.45) is 0 Å². The Bertz CT molecular complexity index is 1610. The number of amides is 2. The molecule has 3 heterocycles. The van der Waals surface area contributed by atoms with Gasteiger partial charge < -0.3 is 25.3 Å². The molecule has 5 aromatic rings. The lowest BCUT2D eigenvalue weighted by Crippen LogP contribution is -2.20. The summed E-state index contributed by atoms with van der Waals surface area (Å²) < 4.78 is 0. The highest BCUT2D eigenvalue weighted by molar-refractivity contribution is 6.39. The van der Waals surface area contributed by atoms with Gasteiger partial charge in [0.15, 0.2) is 0 Å². The Kier molecular flexibility index (Phi) is 5.98. The number of hydrogen-bond donors (Lipinski definition) is 6. The average Bonchev–Trinajstić information content (AvgIpc) is 3.59. The Morgan fingerprint density at radius 3 is 1.91 bits per heavy atom. The number of aliphatic hydroxyl groups excluding tert-OH is 3. The van der Waals surface area contributed by atoms with E-state index in [1.165, 1.54) is 0 Å². The van der Waals surface area contributed by atoms with E-state index in [-0.39, 0.29) is 11.8 Å². The van der Waals surface area contributed by atoms with Crippen LogP contribution in [0.3, 0.4) is 0 Å². The number of nitrogens with one attached hydrogen (secondary N) is 3. The summed E-state index contributed by atoms with van der Waals surface area (Å²) in [4.78, 5) is 32.0. The SMILES string of the molecule is CO.O=C1NC(=O)c2c1c1c3ccccc3[nH]c1c1[nH]c3cc(Cl)ccc3c21.OC1CCCC1O. The van der Waals surface area contributed by atoms with E-state index in [4.69, 9.17) is 26.9 Å². The summed E-state index contributed by atoms with van der Waals surface area (Å²) in [5, 5.41) is 30.9. The van der Waals surface area contributed by atoms with Gasteiger partial charge in [0.2, 0.25) is 0 Å². The van der Waals surface area contributed by atoms with Crippen LogP contribution in [0.2, 0.25) is 5.02 Å². The van der Waals surface area contributed by atoms with Crippen molar-refractivity contribution in [1.82, 2.24) is 15.3 Å². The zero-order chi connectivity index (χ0) is 24.9. The van der Waals surface area contributed by atoms with Gasteiger partial charge >= 0.3 is 0 Å². The second kappa shape index (κ2) is 8.98. The van der Waals surface area contributed by atoms with E-state index in [9.17, 15) is 9.59 Å². The van der Waals surface area contributed by atoms with E-state index in [0.29, 0.717) is 16.1 Å². The monoisotopic (exact) mass is 493 g/mol. The molecule has 0 saturated heterocycles. The fourth-order valence-electron chi connectivity index (χ4n) is 5.06. The quantitative estimate of drug-likeness (QED) is 0.181. The van der Waals surface area contributed by atoms with Crippen molar-refractivity contribution in [3.05, 3.63) is 58.6 Å². The molecule has 2 unspecified atom stereocenters. The Balaban J connectivity index is 0.000000242. The van der Waals surface area contributed by atoms with Crippen LogP contribution in [0, 0.1) is 0 Å². The number of benzene rings is 3. The molecule has 35 heavy (non-hydrogen) atoms. The molecular formula is C26H24ClN3O5. The third-order valence-corrected chi connectivity index (χ3v) is 6.83. The first-order valence-corrected chi connectivity index (χ1v) is 11.7. The van der Waals surface area contributed by atoms with Gasteiger partial charge in [0.1, 0.15) is 0 Å². The van der Waals surface area contributed by atoms with Crippen molar-refractivity contribution in [3.8, 4) is 0 Å². The molecule has 2 aromatic heterocycles. The fourth-order valence-corrected chi connectivity index (χ4v) is 5.23. The van der Waals surface area contributed by atoms with Gasteiger partial charge in [-0.25, -0.2) is 0 Å². The van der Waals surface area contributed by atoms with Crippen LogP contribution in [0.4, 0.5) is 0 Å². The highest BCUT2D eigenvalue weighted by Gasteiger charge is 2.34. The van der Waals surface area contributed by atoms with Crippen LogP contribution >= 0.6 is 11.6 Å². The first-order valence-electron chi connectivity index (χ1n) is 11.3. The maximum Gasteiger partial charge on any atom is 0.259 e. The van der Waals surface area contributed by atoms with Gasteiger partial charge in [-0.15, -0.1) is 0 Å². The number of imide groups is 1. The van der Waals surface area contributed by atoms with Crippen molar-refractivity contribution in [3.63, 3.8) is 0 Å². The molecule has 7 rings (SSSR count). The Morgan fingerprint density at radius 1 is 0.800 bits per heavy atom. The molecule has 1 fully saturated rings. The van der Waals surface area contributed by atoms with Crippen LogP contribution in [-0.4, -0.2) is 56.4 Å². The summed E-state index contributed by atoms with van der Waals surface area (Å²) in [6.45, 7) is 0. The topological polar surface area (TPSA) is 138 Å². The summed E-state index contributed by atoms with van der Waals surface area (Å²) in [5.41, 5.74) is 4.23. The molecular weight excluding hydrogens is 470 g/mol. The lowest BCUT2D eigenvalue weighted by atomic mass is 9.97. The van der Waals surface area contributed by atoms with Crippen LogP contribution in [0.1, 0.15) is 40.0 Å². The van der Waals surface area contributed by atoms with Gasteiger partial charge in [-0.05, 0) is 37.5 Å². The van der Waals surface area contributed by atoms with E-state index < -0.39 is 12.2 Å². The summed E-state index contributed by atoms with van der Waals surface area (Å²) in [5.74, 6) is -0.719. The predicted octanol–water partition coefficient (Wildman–Crippen LogP) is 3.99. The molecule has 2 aliphatic rings. The molecule has 0 spiro atoms. The third kappa shape index (κ3) is 3.66. The maximum atomic E-state index is 12.6. The number of fused-ring (bicyclic) bond motifs is 10. The summed E-state index contributed by atoms with van der Waals surface area (Å²) in [6, 6.07) is 13.3. The van der Waals surface area contributed by atoms with Crippen LogP contribution in [0.15, 0.2) is 42.5 Å². The molecule has 1 saturated carbocycles. The van der Waals surface area contributed by atoms with E-state index in [0.717, 1.165) is 70.0 Å². The van der Waals surface area contributed by atoms with Crippen LogP contribution < -0.4 is 5.32 Å². The minimum atomic E-state index is -0.431.